The van der Waals surface area contributed by atoms with Crippen LogP contribution in [-0.2, 0) is 4.79 Å². The summed E-state index contributed by atoms with van der Waals surface area (Å²) in [5, 5.41) is 8.81. The molecule has 0 heterocycles. The molecule has 0 aliphatic rings. The van der Waals surface area contributed by atoms with Crippen molar-refractivity contribution in [3.05, 3.63) is 34.1 Å². The van der Waals surface area contributed by atoms with E-state index in [1.165, 1.54) is 26.0 Å². The van der Waals surface area contributed by atoms with E-state index in [0.29, 0.717) is 0 Å². The van der Waals surface area contributed by atoms with Gasteiger partial charge >= 0.3 is 5.97 Å². The Labute approximate surface area is 107 Å². The van der Waals surface area contributed by atoms with Crippen molar-refractivity contribution in [2.75, 3.05) is 0 Å². The highest BCUT2D eigenvalue weighted by molar-refractivity contribution is 9.10. The van der Waals surface area contributed by atoms with Crippen molar-refractivity contribution in [2.45, 2.75) is 13.8 Å². The van der Waals surface area contributed by atoms with Gasteiger partial charge in [-0.1, -0.05) is 19.9 Å². The molecule has 0 radical (unpaired) electrons. The average Bonchev–Trinajstić information content (AvgIpc) is 2.29. The lowest BCUT2D eigenvalue weighted by molar-refractivity contribution is -0.142. The maximum Gasteiger partial charge on any atom is 0.306 e. The van der Waals surface area contributed by atoms with Gasteiger partial charge in [-0.15, -0.1) is 0 Å². The number of ketones is 1. The van der Waals surface area contributed by atoms with Crippen LogP contribution in [-0.4, -0.2) is 16.9 Å². The van der Waals surface area contributed by atoms with Gasteiger partial charge in [-0.25, -0.2) is 4.39 Å². The summed E-state index contributed by atoms with van der Waals surface area (Å²) < 4.78 is 13.5. The predicted octanol–water partition coefficient (Wildman–Crippen LogP) is 3.13. The summed E-state index contributed by atoms with van der Waals surface area (Å²) in [6.07, 6.45) is 0. The molecule has 0 fully saturated rings. The first-order valence-corrected chi connectivity index (χ1v) is 5.86. The smallest absolute Gasteiger partial charge is 0.306 e. The van der Waals surface area contributed by atoms with E-state index in [1.807, 2.05) is 0 Å². The Balaban J connectivity index is 2.96. The standard InChI is InChI=1S/C12H12BrFO3/c1-6(7(2)12(16)17)11(15)8-3-4-9(13)10(14)5-8/h3-7H,1-2H3,(H,16,17). The molecule has 0 saturated carbocycles. The van der Waals surface area contributed by atoms with Gasteiger partial charge in [0.2, 0.25) is 0 Å². The van der Waals surface area contributed by atoms with E-state index in [1.54, 1.807) is 0 Å². The average molecular weight is 303 g/mol. The fourth-order valence-corrected chi connectivity index (χ4v) is 1.60. The lowest BCUT2D eigenvalue weighted by Crippen LogP contribution is -2.25. The monoisotopic (exact) mass is 302 g/mol. The van der Waals surface area contributed by atoms with Crippen LogP contribution < -0.4 is 0 Å². The first kappa shape index (κ1) is 13.8. The fraction of sp³-hybridized carbons (Fsp3) is 0.333. The largest absolute Gasteiger partial charge is 0.481 e. The molecule has 1 rings (SSSR count). The summed E-state index contributed by atoms with van der Waals surface area (Å²) in [7, 11) is 0. The molecule has 1 N–H and O–H groups in total. The number of aliphatic carboxylic acids is 1. The van der Waals surface area contributed by atoms with Crippen molar-refractivity contribution in [2.24, 2.45) is 11.8 Å². The lowest BCUT2D eigenvalue weighted by Gasteiger charge is -2.14. The van der Waals surface area contributed by atoms with Gasteiger partial charge < -0.3 is 5.11 Å². The maximum absolute atomic E-state index is 13.2. The summed E-state index contributed by atoms with van der Waals surface area (Å²) in [5.74, 6) is -3.43. The van der Waals surface area contributed by atoms with Crippen molar-refractivity contribution in [3.63, 3.8) is 0 Å². The van der Waals surface area contributed by atoms with E-state index in [-0.39, 0.29) is 15.8 Å². The molecule has 0 saturated heterocycles. The lowest BCUT2D eigenvalue weighted by atomic mass is 9.88. The highest BCUT2D eigenvalue weighted by Gasteiger charge is 2.26. The second-order valence-electron chi connectivity index (χ2n) is 3.91. The first-order chi connectivity index (χ1) is 7.84. The zero-order chi connectivity index (χ0) is 13.2. The van der Waals surface area contributed by atoms with Gasteiger partial charge in [0.25, 0.3) is 0 Å². The number of carbonyl (C=O) groups is 2. The minimum absolute atomic E-state index is 0.186. The number of carboxylic acids is 1. The summed E-state index contributed by atoms with van der Waals surface area (Å²) in [5.41, 5.74) is 0.186. The molecule has 1 aromatic rings. The van der Waals surface area contributed by atoms with Gasteiger partial charge in [-0.05, 0) is 28.1 Å². The number of carbonyl (C=O) groups excluding carboxylic acids is 1. The molecule has 2 atom stereocenters. The van der Waals surface area contributed by atoms with Crippen LogP contribution >= 0.6 is 15.9 Å². The quantitative estimate of drug-likeness (QED) is 0.869. The van der Waals surface area contributed by atoms with Crippen molar-refractivity contribution in [3.8, 4) is 0 Å². The summed E-state index contributed by atoms with van der Waals surface area (Å²) in [6.45, 7) is 2.99. The fourth-order valence-electron chi connectivity index (χ4n) is 1.35. The Morgan fingerprint density at radius 2 is 1.88 bits per heavy atom. The molecule has 0 aliphatic carbocycles. The number of hydrogen-bond acceptors (Lipinski definition) is 2. The third-order valence-electron chi connectivity index (χ3n) is 2.76. The summed E-state index contributed by atoms with van der Waals surface area (Å²) >= 11 is 2.99. The molecule has 92 valence electrons. The van der Waals surface area contributed by atoms with Gasteiger partial charge in [-0.2, -0.15) is 0 Å². The molecule has 2 unspecified atom stereocenters. The molecular formula is C12H12BrFO3. The van der Waals surface area contributed by atoms with Gasteiger partial charge in [0.05, 0.1) is 10.4 Å². The van der Waals surface area contributed by atoms with Crippen molar-refractivity contribution < 1.29 is 19.1 Å². The Hall–Kier alpha value is -1.23. The summed E-state index contributed by atoms with van der Waals surface area (Å²) in [6, 6.07) is 4.01. The molecule has 1 aromatic carbocycles. The third-order valence-corrected chi connectivity index (χ3v) is 3.40. The van der Waals surface area contributed by atoms with Crippen molar-refractivity contribution in [1.29, 1.82) is 0 Å². The molecule has 0 spiro atoms. The normalized spacial score (nSPS) is 14.1. The van der Waals surface area contributed by atoms with E-state index in [4.69, 9.17) is 5.11 Å². The zero-order valence-electron chi connectivity index (χ0n) is 9.41. The predicted molar refractivity (Wildman–Crippen MR) is 64.4 cm³/mol. The van der Waals surface area contributed by atoms with Crippen molar-refractivity contribution >= 4 is 27.7 Å². The number of carboxylic acid groups (broad SMARTS) is 1. The Morgan fingerprint density at radius 3 is 2.35 bits per heavy atom. The van der Waals surface area contributed by atoms with E-state index in [0.717, 1.165) is 6.07 Å². The van der Waals surface area contributed by atoms with Gasteiger partial charge in [0.15, 0.2) is 5.78 Å². The van der Waals surface area contributed by atoms with E-state index in [2.05, 4.69) is 15.9 Å². The molecule has 17 heavy (non-hydrogen) atoms. The Kier molecular flexibility index (Phi) is 4.40. The molecular weight excluding hydrogens is 291 g/mol. The SMILES string of the molecule is CC(C(=O)O)C(C)C(=O)c1ccc(Br)c(F)c1. The Bertz CT molecular complexity index is 459. The number of Topliss-reactive ketones (excluding diaryl/α,β-unsaturated/α-hetero) is 1. The van der Waals surface area contributed by atoms with Crippen LogP contribution in [0.15, 0.2) is 22.7 Å². The summed E-state index contributed by atoms with van der Waals surface area (Å²) in [4.78, 5) is 22.7. The van der Waals surface area contributed by atoms with Crippen LogP contribution in [0.1, 0.15) is 24.2 Å². The van der Waals surface area contributed by atoms with Gasteiger partial charge in [-0.3, -0.25) is 9.59 Å². The van der Waals surface area contributed by atoms with Crippen LogP contribution in [0.2, 0.25) is 0 Å². The number of rotatable bonds is 4. The molecule has 0 bridgehead atoms. The second kappa shape index (κ2) is 5.40. The minimum atomic E-state index is -1.04. The van der Waals surface area contributed by atoms with Crippen LogP contribution in [0, 0.1) is 17.7 Å². The van der Waals surface area contributed by atoms with E-state index >= 15 is 0 Å². The van der Waals surface area contributed by atoms with Gasteiger partial charge in [0.1, 0.15) is 5.82 Å². The van der Waals surface area contributed by atoms with E-state index in [9.17, 15) is 14.0 Å². The molecule has 0 aromatic heterocycles. The topological polar surface area (TPSA) is 54.4 Å². The van der Waals surface area contributed by atoms with Crippen LogP contribution in [0.25, 0.3) is 0 Å². The number of halogens is 2. The molecule has 0 aliphatic heterocycles. The van der Waals surface area contributed by atoms with Crippen LogP contribution in [0.5, 0.6) is 0 Å². The third kappa shape index (κ3) is 3.12. The zero-order valence-corrected chi connectivity index (χ0v) is 11.0. The Morgan fingerprint density at radius 1 is 1.29 bits per heavy atom. The molecule has 3 nitrogen and oxygen atoms in total. The highest BCUT2D eigenvalue weighted by atomic mass is 79.9. The van der Waals surface area contributed by atoms with E-state index < -0.39 is 23.6 Å². The van der Waals surface area contributed by atoms with Crippen molar-refractivity contribution in [1.82, 2.24) is 0 Å². The van der Waals surface area contributed by atoms with Crippen LogP contribution in [0.3, 0.4) is 0 Å². The molecule has 0 amide bonds. The second-order valence-corrected chi connectivity index (χ2v) is 4.76. The molecule has 5 heteroatoms. The number of hydrogen-bond donors (Lipinski definition) is 1. The first-order valence-electron chi connectivity index (χ1n) is 5.06. The highest BCUT2D eigenvalue weighted by Crippen LogP contribution is 2.21. The maximum atomic E-state index is 13.2. The minimum Gasteiger partial charge on any atom is -0.481 e. The van der Waals surface area contributed by atoms with Gasteiger partial charge in [0, 0.05) is 11.5 Å². The van der Waals surface area contributed by atoms with Crippen LogP contribution in [0.4, 0.5) is 4.39 Å². The number of benzene rings is 1.